The molecule has 0 aromatic carbocycles. The van der Waals surface area contributed by atoms with E-state index in [0.29, 0.717) is 16.4 Å². The molecule has 0 bridgehead atoms. The minimum absolute atomic E-state index is 0.482. The number of hydrogen-bond donors (Lipinski definition) is 0. The highest BCUT2D eigenvalue weighted by Crippen LogP contribution is 1.86. The summed E-state index contributed by atoms with van der Waals surface area (Å²) < 4.78 is 10.6. The van der Waals surface area contributed by atoms with Crippen LogP contribution in [0, 0.1) is 0 Å². The Kier molecular flexibility index (Phi) is 8.88. The van der Waals surface area contributed by atoms with Gasteiger partial charge in [-0.05, 0) is 20.3 Å². The van der Waals surface area contributed by atoms with Crippen LogP contribution in [0.25, 0.3) is 0 Å². The molecule has 0 rings (SSSR count). The first-order chi connectivity index (χ1) is 5.77. The second-order valence-electron chi connectivity index (χ2n) is 2.80. The van der Waals surface area contributed by atoms with Gasteiger partial charge in [0.1, 0.15) is 0 Å². The first-order valence-corrected chi connectivity index (χ1v) is 5.34. The zero-order valence-electron chi connectivity index (χ0n) is 8.22. The van der Waals surface area contributed by atoms with Crippen LogP contribution in [0.5, 0.6) is 0 Å². The van der Waals surface area contributed by atoms with Crippen LogP contribution >= 0.6 is 0 Å². The quantitative estimate of drug-likeness (QED) is 0.447. The first-order valence-electron chi connectivity index (χ1n) is 4.35. The van der Waals surface area contributed by atoms with E-state index in [-0.39, 0.29) is 0 Å². The van der Waals surface area contributed by atoms with Crippen molar-refractivity contribution in [3.05, 3.63) is 11.3 Å². The van der Waals surface area contributed by atoms with E-state index in [0.717, 1.165) is 19.6 Å². The lowest BCUT2D eigenvalue weighted by atomic mass is 10.4. The summed E-state index contributed by atoms with van der Waals surface area (Å²) in [6, 6.07) is 0. The van der Waals surface area contributed by atoms with E-state index in [2.05, 4.69) is 26.5 Å². The molecule has 0 aromatic rings. The lowest BCUT2D eigenvalue weighted by Gasteiger charge is -2.01. The molecule has 0 aliphatic carbocycles. The molecular formula is C9H18O2Si. The average Bonchev–Trinajstić information content (AvgIpc) is 2.02. The van der Waals surface area contributed by atoms with Crippen LogP contribution in [0.2, 0.25) is 0 Å². The first kappa shape index (κ1) is 11.9. The molecule has 12 heavy (non-hydrogen) atoms. The van der Waals surface area contributed by atoms with E-state index in [9.17, 15) is 0 Å². The van der Waals surface area contributed by atoms with Gasteiger partial charge in [-0.3, -0.25) is 0 Å². The fraction of sp³-hybridized carbons (Fsp3) is 0.778. The molecular weight excluding hydrogens is 168 g/mol. The van der Waals surface area contributed by atoms with Crippen molar-refractivity contribution >= 4 is 9.76 Å². The van der Waals surface area contributed by atoms with Gasteiger partial charge in [0, 0.05) is 6.61 Å². The number of rotatable bonds is 7. The Labute approximate surface area is 77.9 Å². The second-order valence-corrected chi connectivity index (χ2v) is 3.61. The maximum absolute atomic E-state index is 5.32. The topological polar surface area (TPSA) is 18.5 Å². The summed E-state index contributed by atoms with van der Waals surface area (Å²) in [7, 11) is 0.482. The smallest absolute Gasteiger partial charge is 0.260 e. The van der Waals surface area contributed by atoms with Crippen LogP contribution in [0.15, 0.2) is 11.3 Å². The Bertz CT molecular complexity index is 120. The van der Waals surface area contributed by atoms with E-state index in [1.54, 1.807) is 0 Å². The maximum Gasteiger partial charge on any atom is 0.260 e. The number of ether oxygens (including phenoxy) is 1. The van der Waals surface area contributed by atoms with Gasteiger partial charge in [0.05, 0.1) is 13.2 Å². The summed E-state index contributed by atoms with van der Waals surface area (Å²) in [6.07, 6.45) is 1.08. The van der Waals surface area contributed by atoms with Crippen molar-refractivity contribution in [1.29, 1.82) is 0 Å². The molecule has 0 unspecified atom stereocenters. The van der Waals surface area contributed by atoms with Crippen molar-refractivity contribution in [2.24, 2.45) is 0 Å². The van der Waals surface area contributed by atoms with Crippen molar-refractivity contribution in [2.45, 2.75) is 27.2 Å². The summed E-state index contributed by atoms with van der Waals surface area (Å²) in [5.74, 6) is 0. The Morgan fingerprint density at radius 3 is 2.58 bits per heavy atom. The molecule has 3 heteroatoms. The van der Waals surface area contributed by atoms with Gasteiger partial charge < -0.3 is 9.16 Å². The van der Waals surface area contributed by atoms with Crippen molar-refractivity contribution in [3.63, 3.8) is 0 Å². The molecule has 0 saturated carbocycles. The Balaban J connectivity index is 2.96. The van der Waals surface area contributed by atoms with Gasteiger partial charge in [0.15, 0.2) is 0 Å². The van der Waals surface area contributed by atoms with E-state index in [4.69, 9.17) is 9.16 Å². The van der Waals surface area contributed by atoms with E-state index < -0.39 is 0 Å². The van der Waals surface area contributed by atoms with Gasteiger partial charge in [-0.2, -0.15) is 0 Å². The summed E-state index contributed by atoms with van der Waals surface area (Å²) in [6.45, 7) is 8.52. The number of allylic oxidation sites excluding steroid dienone is 1. The highest BCUT2D eigenvalue weighted by Gasteiger charge is 1.88. The summed E-state index contributed by atoms with van der Waals surface area (Å²) >= 11 is 0. The van der Waals surface area contributed by atoms with Crippen molar-refractivity contribution < 1.29 is 9.16 Å². The third kappa shape index (κ3) is 9.88. The predicted molar refractivity (Wildman–Crippen MR) is 52.2 cm³/mol. The largest absolute Gasteiger partial charge is 0.410 e. The minimum atomic E-state index is 0.482. The monoisotopic (exact) mass is 186 g/mol. The standard InChI is InChI=1S/C9H18O2Si/c1-4-5-10-6-7-11-12-8-9(2)3/h8H,4-7H2,1-3H3. The van der Waals surface area contributed by atoms with Crippen molar-refractivity contribution in [2.75, 3.05) is 19.8 Å². The van der Waals surface area contributed by atoms with Crippen LogP contribution in [0.3, 0.4) is 0 Å². The molecule has 0 aliphatic rings. The molecule has 0 saturated heterocycles. The highest BCUT2D eigenvalue weighted by atomic mass is 28.2. The zero-order valence-corrected chi connectivity index (χ0v) is 9.22. The normalized spacial score (nSPS) is 9.92. The molecule has 0 fully saturated rings. The Hall–Kier alpha value is -0.123. The van der Waals surface area contributed by atoms with Crippen LogP contribution in [0.1, 0.15) is 27.2 Å². The molecule has 0 amide bonds. The number of hydrogen-bond acceptors (Lipinski definition) is 2. The minimum Gasteiger partial charge on any atom is -0.410 e. The molecule has 0 aliphatic heterocycles. The van der Waals surface area contributed by atoms with Crippen LogP contribution < -0.4 is 0 Å². The van der Waals surface area contributed by atoms with Crippen molar-refractivity contribution in [1.82, 2.24) is 0 Å². The van der Waals surface area contributed by atoms with Crippen LogP contribution in [-0.2, 0) is 9.16 Å². The lowest BCUT2D eigenvalue weighted by molar-refractivity contribution is 0.103. The van der Waals surface area contributed by atoms with Gasteiger partial charge in [-0.1, -0.05) is 18.2 Å². The van der Waals surface area contributed by atoms with Gasteiger partial charge in [0.2, 0.25) is 0 Å². The molecule has 2 radical (unpaired) electrons. The van der Waals surface area contributed by atoms with E-state index in [1.807, 2.05) is 0 Å². The summed E-state index contributed by atoms with van der Waals surface area (Å²) in [5, 5.41) is 0. The summed E-state index contributed by atoms with van der Waals surface area (Å²) in [4.78, 5) is 0. The van der Waals surface area contributed by atoms with Crippen LogP contribution in [-0.4, -0.2) is 29.6 Å². The van der Waals surface area contributed by atoms with Gasteiger partial charge in [-0.25, -0.2) is 0 Å². The molecule has 0 heterocycles. The van der Waals surface area contributed by atoms with Crippen molar-refractivity contribution in [3.8, 4) is 0 Å². The second kappa shape index (κ2) is 8.97. The zero-order chi connectivity index (χ0) is 9.23. The molecule has 70 valence electrons. The maximum atomic E-state index is 5.32. The van der Waals surface area contributed by atoms with Crippen LogP contribution in [0.4, 0.5) is 0 Å². The molecule has 0 N–H and O–H groups in total. The highest BCUT2D eigenvalue weighted by molar-refractivity contribution is 6.34. The average molecular weight is 186 g/mol. The SMILES string of the molecule is CCCOCCO[Si]C=C(C)C. The predicted octanol–water partition coefficient (Wildman–Crippen LogP) is 1.97. The molecule has 2 nitrogen and oxygen atoms in total. The van der Waals surface area contributed by atoms with Gasteiger partial charge in [0.25, 0.3) is 9.76 Å². The fourth-order valence-electron chi connectivity index (χ4n) is 0.565. The van der Waals surface area contributed by atoms with E-state index in [1.165, 1.54) is 5.57 Å². The Morgan fingerprint density at radius 2 is 2.00 bits per heavy atom. The van der Waals surface area contributed by atoms with Gasteiger partial charge >= 0.3 is 0 Å². The summed E-state index contributed by atoms with van der Waals surface area (Å²) in [5.41, 5.74) is 3.41. The molecule has 0 spiro atoms. The molecule has 0 atom stereocenters. The third-order valence-corrected chi connectivity index (χ3v) is 2.18. The fourth-order valence-corrected chi connectivity index (χ4v) is 1.09. The Morgan fingerprint density at radius 1 is 1.25 bits per heavy atom. The van der Waals surface area contributed by atoms with Gasteiger partial charge in [-0.15, -0.1) is 0 Å². The lowest BCUT2D eigenvalue weighted by Crippen LogP contribution is -2.06. The molecule has 0 aromatic heterocycles. The van der Waals surface area contributed by atoms with E-state index >= 15 is 0 Å². The third-order valence-electron chi connectivity index (χ3n) is 1.11.